The van der Waals surface area contributed by atoms with E-state index in [0.29, 0.717) is 17.9 Å². The number of tetrazole rings is 1. The summed E-state index contributed by atoms with van der Waals surface area (Å²) in [4.78, 5) is 51.5. The number of ether oxygens (including phenoxy) is 4. The first-order chi connectivity index (χ1) is 24.0. The number of aliphatic carboxylic acids is 2. The van der Waals surface area contributed by atoms with Crippen molar-refractivity contribution < 1.29 is 58.6 Å². The molecule has 2 saturated heterocycles. The van der Waals surface area contributed by atoms with Crippen molar-refractivity contribution in [3.63, 3.8) is 0 Å². The molecule has 1 aromatic carbocycles. The van der Waals surface area contributed by atoms with Crippen LogP contribution in [0.15, 0.2) is 54.6 Å². The average Bonchev–Trinajstić information content (AvgIpc) is 3.69. The second-order valence-electron chi connectivity index (χ2n) is 13.5. The zero-order chi connectivity index (χ0) is 37.7. The standard InChI is InChI=1S/C35H46N4O12/c1-7-19(2)17-20(3)13-14-25(41)49-28-27(42)33(16-15-21(4)26(48-23(6)40)22(5)18-24-11-9-8-10-12-24)50-29(30-36-38-39-37-30)34(47,31(43)44)35(28,51-33)32(45)46/h8-14,19-20,22,26-29,42,47H,4,7,15-18H2,1-3,5-6H3,(H,43,44)(H,45,46)(H,36,37,38,39)/b14-13+/t19-,20+,22+,26+,27+,28+,29+,33-,34+,35-/m0/s1. The number of aliphatic hydroxyl groups excluding tert-OH is 1. The number of carbonyl (C=O) groups is 4. The third kappa shape index (κ3) is 7.73. The van der Waals surface area contributed by atoms with E-state index in [4.69, 9.17) is 18.9 Å². The lowest BCUT2D eigenvalue weighted by molar-refractivity contribution is -0.383. The van der Waals surface area contributed by atoms with E-state index in [1.807, 2.05) is 58.0 Å². The Morgan fingerprint density at radius 2 is 1.80 bits per heavy atom. The van der Waals surface area contributed by atoms with E-state index in [2.05, 4.69) is 27.2 Å². The highest BCUT2D eigenvalue weighted by molar-refractivity contribution is 5.94. The Balaban J connectivity index is 1.73. The number of H-pyrrole nitrogens is 1. The molecule has 2 bridgehead atoms. The molecule has 0 unspecified atom stereocenters. The first-order valence-electron chi connectivity index (χ1n) is 16.8. The van der Waals surface area contributed by atoms with Crippen LogP contribution in [-0.4, -0.2) is 100 Å². The summed E-state index contributed by atoms with van der Waals surface area (Å²) in [6.45, 7) is 13.1. The van der Waals surface area contributed by atoms with Crippen LogP contribution < -0.4 is 0 Å². The maximum absolute atomic E-state index is 13.2. The molecule has 10 atom stereocenters. The minimum Gasteiger partial charge on any atom is -0.479 e. The lowest BCUT2D eigenvalue weighted by Gasteiger charge is -2.49. The van der Waals surface area contributed by atoms with E-state index in [1.54, 1.807) is 6.08 Å². The molecule has 5 N–H and O–H groups in total. The van der Waals surface area contributed by atoms with E-state index in [9.17, 15) is 39.6 Å². The van der Waals surface area contributed by atoms with Crippen LogP contribution in [-0.2, 0) is 44.5 Å². The van der Waals surface area contributed by atoms with Crippen molar-refractivity contribution in [3.8, 4) is 0 Å². The van der Waals surface area contributed by atoms with Crippen molar-refractivity contribution in [1.82, 2.24) is 20.6 Å². The van der Waals surface area contributed by atoms with Gasteiger partial charge >= 0.3 is 23.9 Å². The Bertz CT molecular complexity index is 1600. The predicted octanol–water partition coefficient (Wildman–Crippen LogP) is 2.68. The molecule has 2 aliphatic heterocycles. The Hall–Kier alpha value is -4.51. The number of nitrogens with zero attached hydrogens (tertiary/aromatic N) is 3. The molecule has 1 aromatic heterocycles. The van der Waals surface area contributed by atoms with Crippen LogP contribution in [0.3, 0.4) is 0 Å². The molecular weight excluding hydrogens is 668 g/mol. The van der Waals surface area contributed by atoms with E-state index in [1.165, 1.54) is 6.92 Å². The van der Waals surface area contributed by atoms with E-state index < -0.39 is 77.5 Å². The van der Waals surface area contributed by atoms with Crippen molar-refractivity contribution in [3.05, 3.63) is 66.0 Å². The highest BCUT2D eigenvalue weighted by Gasteiger charge is 2.85. The number of rotatable bonds is 17. The van der Waals surface area contributed by atoms with Gasteiger partial charge in [0.25, 0.3) is 0 Å². The molecule has 4 rings (SSSR count). The van der Waals surface area contributed by atoms with Crippen molar-refractivity contribution in [1.29, 1.82) is 0 Å². The van der Waals surface area contributed by atoms with E-state index in [0.717, 1.165) is 24.5 Å². The number of hydrogen-bond donors (Lipinski definition) is 5. The molecule has 51 heavy (non-hydrogen) atoms. The van der Waals surface area contributed by atoms with Crippen molar-refractivity contribution in [2.75, 3.05) is 0 Å². The van der Waals surface area contributed by atoms with Crippen LogP contribution in [0.5, 0.6) is 0 Å². The van der Waals surface area contributed by atoms with Gasteiger partial charge in [-0.05, 0) is 42.2 Å². The molecule has 16 nitrogen and oxygen atoms in total. The van der Waals surface area contributed by atoms with Gasteiger partial charge in [0.15, 0.2) is 12.2 Å². The normalized spacial score (nSPS) is 29.5. The summed E-state index contributed by atoms with van der Waals surface area (Å²) in [5.74, 6) is -9.01. The number of benzene rings is 1. The third-order valence-electron chi connectivity index (χ3n) is 9.66. The lowest BCUT2D eigenvalue weighted by atomic mass is 9.74. The summed E-state index contributed by atoms with van der Waals surface area (Å²) < 4.78 is 23.0. The molecule has 2 fully saturated rings. The van der Waals surface area contributed by atoms with Crippen LogP contribution in [0.4, 0.5) is 0 Å². The van der Waals surface area contributed by atoms with Crippen molar-refractivity contribution >= 4 is 23.9 Å². The maximum Gasteiger partial charge on any atom is 0.344 e. The fourth-order valence-corrected chi connectivity index (χ4v) is 6.87. The second-order valence-corrected chi connectivity index (χ2v) is 13.5. The zero-order valence-corrected chi connectivity index (χ0v) is 29.2. The molecule has 2 aliphatic rings. The summed E-state index contributed by atoms with van der Waals surface area (Å²) in [7, 11) is 0. The number of carboxylic acids is 2. The minimum atomic E-state index is -3.58. The lowest BCUT2D eigenvalue weighted by Crippen LogP contribution is -2.74. The summed E-state index contributed by atoms with van der Waals surface area (Å²) in [6.07, 6.45) is -3.43. The van der Waals surface area contributed by atoms with Gasteiger partial charge in [0.2, 0.25) is 22.8 Å². The number of fused-ring (bicyclic) bond motifs is 2. The monoisotopic (exact) mass is 714 g/mol. The first kappa shape index (κ1) is 39.3. The molecular formula is C35H46N4O12. The molecule has 0 spiro atoms. The Morgan fingerprint density at radius 1 is 1.12 bits per heavy atom. The smallest absolute Gasteiger partial charge is 0.344 e. The highest BCUT2D eigenvalue weighted by atomic mass is 16.8. The van der Waals surface area contributed by atoms with Crippen LogP contribution in [0.1, 0.15) is 77.8 Å². The van der Waals surface area contributed by atoms with Gasteiger partial charge in [-0.3, -0.25) is 4.79 Å². The molecule has 16 heteroatoms. The second kappa shape index (κ2) is 15.8. The molecule has 278 valence electrons. The molecule has 0 radical (unpaired) electrons. The summed E-state index contributed by atoms with van der Waals surface area (Å²) in [6, 6.07) is 9.44. The molecule has 0 amide bonds. The predicted molar refractivity (Wildman–Crippen MR) is 176 cm³/mol. The molecule has 0 saturated carbocycles. The van der Waals surface area contributed by atoms with Gasteiger partial charge in [-0.1, -0.05) is 82.3 Å². The van der Waals surface area contributed by atoms with Crippen LogP contribution in [0, 0.1) is 17.8 Å². The van der Waals surface area contributed by atoms with Gasteiger partial charge < -0.3 is 39.4 Å². The Kier molecular flexibility index (Phi) is 12.2. The van der Waals surface area contributed by atoms with Crippen molar-refractivity contribution in [2.24, 2.45) is 17.8 Å². The number of aliphatic hydroxyl groups is 2. The quantitative estimate of drug-likeness (QED) is 0.0899. The average molecular weight is 715 g/mol. The highest BCUT2D eigenvalue weighted by Crippen LogP contribution is 2.59. The molecule has 2 aromatic rings. The number of carbonyl (C=O) groups excluding carboxylic acids is 2. The minimum absolute atomic E-state index is 0.0846. The van der Waals surface area contributed by atoms with Gasteiger partial charge in [-0.2, -0.15) is 5.21 Å². The number of nitrogens with one attached hydrogen (secondary N) is 1. The van der Waals surface area contributed by atoms with Gasteiger partial charge in [0, 0.05) is 25.3 Å². The largest absolute Gasteiger partial charge is 0.479 e. The number of aromatic nitrogens is 4. The van der Waals surface area contributed by atoms with Gasteiger partial charge in [-0.25, -0.2) is 14.4 Å². The summed E-state index contributed by atoms with van der Waals surface area (Å²) in [5.41, 5.74) is -5.64. The zero-order valence-electron chi connectivity index (χ0n) is 29.2. The number of carboxylic acid groups (broad SMARTS) is 2. The number of esters is 2. The maximum atomic E-state index is 13.2. The number of aromatic amines is 1. The SMILES string of the molecule is C=C(CC[C@]12O[C@H](c3nn[nH]n3)[C@@](O)(C(=O)O)[C@](C(=O)O)(O1)[C@H](OC(=O)/C=C/[C@@H](C)C[C@@H](C)CC)[C@H]2O)[C@@H](OC(C)=O)[C@H](C)Cc1ccccc1. The van der Waals surface area contributed by atoms with Crippen LogP contribution >= 0.6 is 0 Å². The number of allylic oxidation sites excluding steroid dienone is 1. The van der Waals surface area contributed by atoms with Crippen molar-refractivity contribution in [2.45, 2.75) is 108 Å². The summed E-state index contributed by atoms with van der Waals surface area (Å²) in [5, 5.41) is 57.7. The van der Waals surface area contributed by atoms with Crippen LogP contribution in [0.25, 0.3) is 0 Å². The van der Waals surface area contributed by atoms with Crippen LogP contribution in [0.2, 0.25) is 0 Å². The van der Waals surface area contributed by atoms with Gasteiger partial charge in [0.1, 0.15) is 12.2 Å². The topological polar surface area (TPSA) is 241 Å². The Labute approximate surface area is 294 Å². The fourth-order valence-electron chi connectivity index (χ4n) is 6.87. The first-order valence-corrected chi connectivity index (χ1v) is 16.8. The van der Waals surface area contributed by atoms with Gasteiger partial charge in [-0.15, -0.1) is 10.2 Å². The van der Waals surface area contributed by atoms with Gasteiger partial charge in [0.05, 0.1) is 0 Å². The van der Waals surface area contributed by atoms with E-state index >= 15 is 0 Å². The number of hydrogen-bond acceptors (Lipinski definition) is 13. The van der Waals surface area contributed by atoms with E-state index in [-0.39, 0.29) is 18.3 Å². The Morgan fingerprint density at radius 3 is 2.37 bits per heavy atom. The summed E-state index contributed by atoms with van der Waals surface area (Å²) >= 11 is 0. The molecule has 0 aliphatic carbocycles. The third-order valence-corrected chi connectivity index (χ3v) is 9.66. The fraction of sp³-hybridized carbons (Fsp3) is 0.571. The molecule has 3 heterocycles.